The molecule has 1 N–H and O–H groups in total. The van der Waals surface area contributed by atoms with Gasteiger partial charge in [0, 0.05) is 38.6 Å². The molecule has 1 saturated heterocycles. The lowest BCUT2D eigenvalue weighted by atomic mass is 9.99. The van der Waals surface area contributed by atoms with E-state index in [1.807, 2.05) is 20.8 Å². The third-order valence-corrected chi connectivity index (χ3v) is 4.14. The van der Waals surface area contributed by atoms with E-state index < -0.39 is 5.60 Å². The van der Waals surface area contributed by atoms with E-state index in [2.05, 4.69) is 0 Å². The van der Waals surface area contributed by atoms with Gasteiger partial charge in [0.25, 0.3) is 0 Å². The Balaban J connectivity index is 1.96. The summed E-state index contributed by atoms with van der Waals surface area (Å²) in [4.78, 5) is 13.8. The Morgan fingerprint density at radius 1 is 1.37 bits per heavy atom. The number of aliphatic hydroxyl groups excluding tert-OH is 1. The minimum Gasteiger partial charge on any atom is -0.444 e. The lowest BCUT2D eigenvalue weighted by molar-refractivity contribution is 0.00725. The topological polar surface area (TPSA) is 59.0 Å². The smallest absolute Gasteiger partial charge is 0.410 e. The van der Waals surface area contributed by atoms with Crippen LogP contribution >= 0.6 is 0 Å². The van der Waals surface area contributed by atoms with Gasteiger partial charge in [-0.15, -0.1) is 0 Å². The Labute approximate surface area is 114 Å². The van der Waals surface area contributed by atoms with Gasteiger partial charge < -0.3 is 19.5 Å². The Morgan fingerprint density at radius 2 is 2.05 bits per heavy atom. The molecule has 2 aliphatic rings. The number of carbonyl (C=O) groups is 1. The quantitative estimate of drug-likeness (QED) is 0.827. The van der Waals surface area contributed by atoms with Crippen molar-refractivity contribution in [3.8, 4) is 0 Å². The maximum Gasteiger partial charge on any atom is 0.410 e. The lowest BCUT2D eigenvalue weighted by Gasteiger charge is -2.26. The summed E-state index contributed by atoms with van der Waals surface area (Å²) < 4.78 is 10.9. The number of hydrogen-bond acceptors (Lipinski definition) is 4. The molecule has 5 heteroatoms. The molecule has 0 radical (unpaired) electrons. The average molecular weight is 271 g/mol. The van der Waals surface area contributed by atoms with Gasteiger partial charge in [-0.25, -0.2) is 4.79 Å². The van der Waals surface area contributed by atoms with Gasteiger partial charge in [0.15, 0.2) is 0 Å². The number of carbonyl (C=O) groups excluding carboxylic acids is 1. The molecule has 1 heterocycles. The zero-order chi connectivity index (χ0) is 14.2. The van der Waals surface area contributed by atoms with Crippen LogP contribution in [-0.4, -0.2) is 54.6 Å². The third kappa shape index (κ3) is 3.03. The van der Waals surface area contributed by atoms with Crippen molar-refractivity contribution >= 4 is 6.09 Å². The third-order valence-electron chi connectivity index (χ3n) is 4.14. The molecule has 1 saturated carbocycles. The number of methoxy groups -OCH3 is 1. The van der Waals surface area contributed by atoms with E-state index in [1.54, 1.807) is 12.0 Å². The standard InChI is InChI=1S/C14H25NO4/c1-14(2,3)19-13(17)15-6-9-5-10(8-16)12(18-4)11(9)7-15/h9-12,16H,5-8H2,1-4H3/t9-,10+,11+,12-/m0/s1. The molecule has 0 aromatic rings. The lowest BCUT2D eigenvalue weighted by Crippen LogP contribution is -2.38. The first-order chi connectivity index (χ1) is 8.85. The van der Waals surface area contributed by atoms with Gasteiger partial charge in [0.05, 0.1) is 6.10 Å². The number of amides is 1. The number of fused-ring (bicyclic) bond motifs is 1. The van der Waals surface area contributed by atoms with Crippen LogP contribution in [0.1, 0.15) is 27.2 Å². The average Bonchev–Trinajstić information content (AvgIpc) is 2.82. The van der Waals surface area contributed by atoms with Crippen molar-refractivity contribution in [3.63, 3.8) is 0 Å². The van der Waals surface area contributed by atoms with Gasteiger partial charge in [-0.05, 0) is 33.1 Å². The van der Waals surface area contributed by atoms with Crippen LogP contribution in [-0.2, 0) is 9.47 Å². The Hall–Kier alpha value is -0.810. The number of rotatable bonds is 2. The summed E-state index contributed by atoms with van der Waals surface area (Å²) in [6.07, 6.45) is 0.749. The molecule has 1 aliphatic heterocycles. The van der Waals surface area contributed by atoms with E-state index in [0.717, 1.165) is 13.0 Å². The first kappa shape index (κ1) is 14.6. The first-order valence-corrected chi connectivity index (χ1v) is 6.97. The molecule has 0 bridgehead atoms. The molecule has 1 aliphatic carbocycles. The fraction of sp³-hybridized carbons (Fsp3) is 0.929. The zero-order valence-electron chi connectivity index (χ0n) is 12.3. The van der Waals surface area contributed by atoms with E-state index in [4.69, 9.17) is 9.47 Å². The van der Waals surface area contributed by atoms with Crippen LogP contribution < -0.4 is 0 Å². The number of ether oxygens (including phenoxy) is 2. The predicted molar refractivity (Wildman–Crippen MR) is 70.8 cm³/mol. The second kappa shape index (κ2) is 5.29. The molecule has 4 atom stereocenters. The van der Waals surface area contributed by atoms with E-state index in [1.165, 1.54) is 0 Å². The van der Waals surface area contributed by atoms with Crippen molar-refractivity contribution in [2.75, 3.05) is 26.8 Å². The van der Waals surface area contributed by atoms with Gasteiger partial charge in [0.1, 0.15) is 5.60 Å². The van der Waals surface area contributed by atoms with E-state index in [0.29, 0.717) is 18.4 Å². The largest absolute Gasteiger partial charge is 0.444 e. The van der Waals surface area contributed by atoms with Crippen LogP contribution in [0.2, 0.25) is 0 Å². The highest BCUT2D eigenvalue weighted by molar-refractivity contribution is 5.68. The second-order valence-corrected chi connectivity index (χ2v) is 6.69. The van der Waals surface area contributed by atoms with Gasteiger partial charge >= 0.3 is 6.09 Å². The highest BCUT2D eigenvalue weighted by Gasteiger charge is 2.49. The van der Waals surface area contributed by atoms with Crippen molar-refractivity contribution < 1.29 is 19.4 Å². The maximum atomic E-state index is 12.1. The van der Waals surface area contributed by atoms with Gasteiger partial charge in [-0.1, -0.05) is 0 Å². The molecular formula is C14H25NO4. The monoisotopic (exact) mass is 271 g/mol. The molecule has 110 valence electrons. The van der Waals surface area contributed by atoms with Crippen LogP contribution in [0.4, 0.5) is 4.79 Å². The van der Waals surface area contributed by atoms with Crippen molar-refractivity contribution in [1.82, 2.24) is 4.90 Å². The van der Waals surface area contributed by atoms with Crippen LogP contribution in [0.3, 0.4) is 0 Å². The van der Waals surface area contributed by atoms with E-state index in [-0.39, 0.29) is 24.7 Å². The van der Waals surface area contributed by atoms with Crippen LogP contribution in [0.15, 0.2) is 0 Å². The maximum absolute atomic E-state index is 12.1. The zero-order valence-corrected chi connectivity index (χ0v) is 12.3. The summed E-state index contributed by atoms with van der Waals surface area (Å²) in [6, 6.07) is 0. The fourth-order valence-electron chi connectivity index (χ4n) is 3.41. The van der Waals surface area contributed by atoms with Crippen LogP contribution in [0.5, 0.6) is 0 Å². The summed E-state index contributed by atoms with van der Waals surface area (Å²) in [6.45, 7) is 7.19. The first-order valence-electron chi connectivity index (χ1n) is 6.97. The minimum absolute atomic E-state index is 0.0578. The summed E-state index contributed by atoms with van der Waals surface area (Å²) in [5, 5.41) is 9.37. The normalized spacial score (nSPS) is 34.5. The molecule has 2 rings (SSSR count). The summed E-state index contributed by atoms with van der Waals surface area (Å²) >= 11 is 0. The molecule has 5 nitrogen and oxygen atoms in total. The molecular weight excluding hydrogens is 246 g/mol. The molecule has 19 heavy (non-hydrogen) atoms. The molecule has 0 aromatic heterocycles. The number of aliphatic hydroxyl groups is 1. The van der Waals surface area contributed by atoms with Crippen molar-refractivity contribution in [1.29, 1.82) is 0 Å². The Morgan fingerprint density at radius 3 is 2.58 bits per heavy atom. The van der Waals surface area contributed by atoms with E-state index in [9.17, 15) is 9.90 Å². The summed E-state index contributed by atoms with van der Waals surface area (Å²) in [7, 11) is 1.69. The van der Waals surface area contributed by atoms with E-state index >= 15 is 0 Å². The van der Waals surface area contributed by atoms with Crippen molar-refractivity contribution in [2.45, 2.75) is 38.9 Å². The summed E-state index contributed by atoms with van der Waals surface area (Å²) in [5.41, 5.74) is -0.455. The predicted octanol–water partition coefficient (Wildman–Crippen LogP) is 1.50. The van der Waals surface area contributed by atoms with Crippen molar-refractivity contribution in [3.05, 3.63) is 0 Å². The molecule has 0 spiro atoms. The van der Waals surface area contributed by atoms with Gasteiger partial charge in [-0.2, -0.15) is 0 Å². The fourth-order valence-corrected chi connectivity index (χ4v) is 3.41. The van der Waals surface area contributed by atoms with Gasteiger partial charge in [-0.3, -0.25) is 0 Å². The second-order valence-electron chi connectivity index (χ2n) is 6.69. The molecule has 2 fully saturated rings. The highest BCUT2D eigenvalue weighted by Crippen LogP contribution is 2.43. The summed E-state index contributed by atoms with van der Waals surface area (Å²) in [5.74, 6) is 0.963. The molecule has 1 amide bonds. The van der Waals surface area contributed by atoms with Crippen molar-refractivity contribution in [2.24, 2.45) is 17.8 Å². The molecule has 0 aromatic carbocycles. The minimum atomic E-state index is -0.455. The Kier molecular flexibility index (Phi) is 4.06. The number of nitrogens with zero attached hydrogens (tertiary/aromatic N) is 1. The Bertz CT molecular complexity index is 339. The highest BCUT2D eigenvalue weighted by atomic mass is 16.6. The van der Waals surface area contributed by atoms with Crippen LogP contribution in [0, 0.1) is 17.8 Å². The number of likely N-dealkylation sites (tertiary alicyclic amines) is 1. The SMILES string of the molecule is CO[C@H]1[C@@H](CO)C[C@H]2CN(C(=O)OC(C)(C)C)C[C@H]21. The number of hydrogen-bond donors (Lipinski definition) is 1. The van der Waals surface area contributed by atoms with Gasteiger partial charge in [0.2, 0.25) is 0 Å². The van der Waals surface area contributed by atoms with Crippen LogP contribution in [0.25, 0.3) is 0 Å². The molecule has 0 unspecified atom stereocenters.